The van der Waals surface area contributed by atoms with Crippen molar-refractivity contribution < 1.29 is 15.0 Å². The quantitative estimate of drug-likeness (QED) is 0.746. The van der Waals surface area contributed by atoms with Crippen molar-refractivity contribution in [2.75, 3.05) is 11.9 Å². The first-order chi connectivity index (χ1) is 9.66. The maximum Gasteiger partial charge on any atom is 0.356 e. The highest BCUT2D eigenvalue weighted by Crippen LogP contribution is 2.27. The highest BCUT2D eigenvalue weighted by Gasteiger charge is 2.26. The second-order valence-corrected chi connectivity index (χ2v) is 6.53. The Morgan fingerprint density at radius 3 is 2.43 bits per heavy atom. The van der Waals surface area contributed by atoms with Gasteiger partial charge in [-0.25, -0.2) is 14.8 Å². The van der Waals surface area contributed by atoms with Crippen molar-refractivity contribution in [2.24, 2.45) is 5.41 Å². The number of aliphatic hydroxyl groups excluding tert-OH is 1. The molecule has 1 atom stereocenters. The largest absolute Gasteiger partial charge is 0.476 e. The molecule has 1 aromatic heterocycles. The Hall–Kier alpha value is -1.69. The monoisotopic (exact) mass is 295 g/mol. The van der Waals surface area contributed by atoms with Crippen LogP contribution < -0.4 is 5.32 Å². The van der Waals surface area contributed by atoms with Gasteiger partial charge in [-0.3, -0.25) is 0 Å². The van der Waals surface area contributed by atoms with E-state index in [2.05, 4.69) is 15.3 Å². The van der Waals surface area contributed by atoms with Crippen LogP contribution in [0, 0.1) is 5.41 Å². The molecule has 6 heteroatoms. The van der Waals surface area contributed by atoms with Gasteiger partial charge in [0.2, 0.25) is 0 Å². The molecule has 0 saturated heterocycles. The third-order valence-electron chi connectivity index (χ3n) is 3.32. The lowest BCUT2D eigenvalue weighted by Gasteiger charge is -2.32. The van der Waals surface area contributed by atoms with Crippen LogP contribution in [-0.4, -0.2) is 38.8 Å². The minimum absolute atomic E-state index is 0.0270. The Morgan fingerprint density at radius 2 is 2.00 bits per heavy atom. The number of hydrogen-bond donors (Lipinski definition) is 3. The van der Waals surface area contributed by atoms with E-state index in [1.54, 1.807) is 0 Å². The number of hydrogen-bond acceptors (Lipinski definition) is 5. The molecule has 0 radical (unpaired) electrons. The number of aliphatic hydroxyl groups is 1. The van der Waals surface area contributed by atoms with Gasteiger partial charge in [-0.1, -0.05) is 34.6 Å². The molecule has 0 aliphatic heterocycles. The number of anilines is 1. The number of nitrogens with one attached hydrogen (secondary N) is 1. The second-order valence-electron chi connectivity index (χ2n) is 6.53. The van der Waals surface area contributed by atoms with E-state index in [1.807, 2.05) is 34.6 Å². The van der Waals surface area contributed by atoms with Crippen molar-refractivity contribution in [1.29, 1.82) is 0 Å². The Bertz CT molecular complexity index is 495. The summed E-state index contributed by atoms with van der Waals surface area (Å²) >= 11 is 0. The normalized spacial score (nSPS) is 13.3. The van der Waals surface area contributed by atoms with Crippen molar-refractivity contribution in [2.45, 2.75) is 53.0 Å². The summed E-state index contributed by atoms with van der Waals surface area (Å²) in [6, 6.07) is -0.0749. The van der Waals surface area contributed by atoms with Crippen LogP contribution in [0.1, 0.15) is 63.3 Å². The fourth-order valence-corrected chi connectivity index (χ4v) is 1.98. The van der Waals surface area contributed by atoms with Crippen molar-refractivity contribution in [3.63, 3.8) is 0 Å². The number of rotatable bonds is 6. The summed E-state index contributed by atoms with van der Waals surface area (Å²) in [5.41, 5.74) is 0.232. The summed E-state index contributed by atoms with van der Waals surface area (Å²) in [6.45, 7) is 9.95. The molecule has 0 spiro atoms. The summed E-state index contributed by atoms with van der Waals surface area (Å²) in [6.07, 6.45) is 2.04. The molecule has 0 saturated carbocycles. The fourth-order valence-electron chi connectivity index (χ4n) is 1.98. The Morgan fingerprint density at radius 1 is 1.38 bits per heavy atom. The van der Waals surface area contributed by atoms with Gasteiger partial charge in [0.15, 0.2) is 5.69 Å². The van der Waals surface area contributed by atoms with Crippen molar-refractivity contribution in [1.82, 2.24) is 9.97 Å². The molecule has 3 N–H and O–H groups in total. The lowest BCUT2D eigenvalue weighted by molar-refractivity contribution is 0.0690. The average molecular weight is 295 g/mol. The van der Waals surface area contributed by atoms with Crippen molar-refractivity contribution >= 4 is 11.7 Å². The fraction of sp³-hybridized carbons (Fsp3) is 0.667. The molecule has 0 fully saturated rings. The molecule has 118 valence electrons. The number of carbonyl (C=O) groups is 1. The first-order valence-electron chi connectivity index (χ1n) is 7.14. The van der Waals surface area contributed by atoms with E-state index in [0.717, 1.165) is 0 Å². The zero-order valence-corrected chi connectivity index (χ0v) is 13.3. The van der Waals surface area contributed by atoms with Gasteiger partial charge in [-0.05, 0) is 11.8 Å². The van der Waals surface area contributed by atoms with Crippen LogP contribution in [0.2, 0.25) is 0 Å². The predicted octanol–water partition coefficient (Wildman–Crippen LogP) is 2.51. The number of carboxylic acids is 1. The van der Waals surface area contributed by atoms with E-state index >= 15 is 0 Å². The van der Waals surface area contributed by atoms with Crippen LogP contribution in [0.15, 0.2) is 6.20 Å². The molecule has 1 rings (SSSR count). The average Bonchev–Trinajstić information content (AvgIpc) is 2.36. The molecule has 0 aliphatic rings. The molecule has 1 heterocycles. The first-order valence-corrected chi connectivity index (χ1v) is 7.14. The number of carboxylic acid groups (broad SMARTS) is 1. The number of aromatic carboxylic acids is 1. The van der Waals surface area contributed by atoms with Gasteiger partial charge in [0, 0.05) is 18.6 Å². The molecular formula is C15H25N3O3. The van der Waals surface area contributed by atoms with E-state index in [1.165, 1.54) is 6.20 Å². The topological polar surface area (TPSA) is 95.3 Å². The molecule has 1 unspecified atom stereocenters. The maximum absolute atomic E-state index is 11.4. The van der Waals surface area contributed by atoms with Crippen LogP contribution in [0.3, 0.4) is 0 Å². The second kappa shape index (κ2) is 6.85. The zero-order chi connectivity index (χ0) is 16.2. The van der Waals surface area contributed by atoms with Crippen LogP contribution in [0.25, 0.3) is 0 Å². The smallest absolute Gasteiger partial charge is 0.356 e. The summed E-state index contributed by atoms with van der Waals surface area (Å²) in [5.74, 6) is -0.515. The Balaban J connectivity index is 3.14. The molecule has 0 aliphatic carbocycles. The van der Waals surface area contributed by atoms with Crippen LogP contribution >= 0.6 is 0 Å². The van der Waals surface area contributed by atoms with Gasteiger partial charge in [0.25, 0.3) is 0 Å². The third-order valence-corrected chi connectivity index (χ3v) is 3.32. The predicted molar refractivity (Wildman–Crippen MR) is 81.6 cm³/mol. The molecule has 0 aromatic carbocycles. The number of aromatic nitrogens is 2. The summed E-state index contributed by atoms with van der Waals surface area (Å²) in [7, 11) is 0. The van der Waals surface area contributed by atoms with Crippen LogP contribution in [0.5, 0.6) is 0 Å². The van der Waals surface area contributed by atoms with E-state index in [0.29, 0.717) is 17.9 Å². The van der Waals surface area contributed by atoms with Crippen molar-refractivity contribution in [3.8, 4) is 0 Å². The minimum Gasteiger partial charge on any atom is -0.476 e. The van der Waals surface area contributed by atoms with E-state index < -0.39 is 5.97 Å². The molecule has 0 amide bonds. The van der Waals surface area contributed by atoms with Gasteiger partial charge in [0.05, 0.1) is 11.9 Å². The van der Waals surface area contributed by atoms with E-state index in [9.17, 15) is 15.0 Å². The SMILES string of the molecule is CC(C)c1ncc(NC(CCO)C(C)(C)C)c(C(=O)O)n1. The van der Waals surface area contributed by atoms with Gasteiger partial charge < -0.3 is 15.5 Å². The Kier molecular flexibility index (Phi) is 5.66. The van der Waals surface area contributed by atoms with Crippen LogP contribution in [0.4, 0.5) is 5.69 Å². The van der Waals surface area contributed by atoms with E-state index in [-0.39, 0.29) is 29.7 Å². The highest BCUT2D eigenvalue weighted by atomic mass is 16.4. The standard InChI is InChI=1S/C15H25N3O3/c1-9(2)13-16-8-10(12(18-13)14(20)21)17-11(6-7-19)15(3,4)5/h8-9,11,17,19H,6-7H2,1-5H3,(H,20,21). The molecular weight excluding hydrogens is 270 g/mol. The van der Waals surface area contributed by atoms with Crippen LogP contribution in [-0.2, 0) is 0 Å². The lowest BCUT2D eigenvalue weighted by atomic mass is 9.84. The van der Waals surface area contributed by atoms with Crippen molar-refractivity contribution in [3.05, 3.63) is 17.7 Å². The molecule has 0 bridgehead atoms. The van der Waals surface area contributed by atoms with E-state index in [4.69, 9.17) is 0 Å². The minimum atomic E-state index is -1.08. The van der Waals surface area contributed by atoms with Gasteiger partial charge >= 0.3 is 5.97 Å². The molecule has 6 nitrogen and oxygen atoms in total. The third kappa shape index (κ3) is 4.67. The molecule has 21 heavy (non-hydrogen) atoms. The maximum atomic E-state index is 11.4. The number of nitrogens with zero attached hydrogens (tertiary/aromatic N) is 2. The molecule has 1 aromatic rings. The zero-order valence-electron chi connectivity index (χ0n) is 13.3. The van der Waals surface area contributed by atoms with Gasteiger partial charge in [-0.15, -0.1) is 0 Å². The van der Waals surface area contributed by atoms with Gasteiger partial charge in [0.1, 0.15) is 5.82 Å². The first kappa shape index (κ1) is 17.4. The summed E-state index contributed by atoms with van der Waals surface area (Å²) < 4.78 is 0. The summed E-state index contributed by atoms with van der Waals surface area (Å²) in [4.78, 5) is 19.8. The van der Waals surface area contributed by atoms with Gasteiger partial charge in [-0.2, -0.15) is 0 Å². The lowest BCUT2D eigenvalue weighted by Crippen LogP contribution is -2.35. The summed E-state index contributed by atoms with van der Waals surface area (Å²) in [5, 5.41) is 21.7. The Labute approximate surface area is 125 Å². The highest BCUT2D eigenvalue weighted by molar-refractivity contribution is 5.91.